The maximum absolute atomic E-state index is 12.9. The first-order valence-electron chi connectivity index (χ1n) is 9.69. The molecule has 1 aromatic rings. The summed E-state index contributed by atoms with van der Waals surface area (Å²) in [5.74, 6) is -0.947. The van der Waals surface area contributed by atoms with Crippen LogP contribution in [-0.4, -0.2) is 49.9 Å². The van der Waals surface area contributed by atoms with Gasteiger partial charge in [-0.3, -0.25) is 4.79 Å². The van der Waals surface area contributed by atoms with Crippen LogP contribution in [0.1, 0.15) is 48.7 Å². The number of rotatable bonds is 6. The molecule has 1 amide bonds. The van der Waals surface area contributed by atoms with Crippen LogP contribution in [0.3, 0.4) is 0 Å². The molecule has 2 N–H and O–H groups in total. The van der Waals surface area contributed by atoms with E-state index in [-0.39, 0.29) is 23.8 Å². The van der Waals surface area contributed by atoms with Gasteiger partial charge < -0.3 is 24.5 Å². The van der Waals surface area contributed by atoms with Crippen molar-refractivity contribution in [3.8, 4) is 0 Å². The SMILES string of the molecule is Cc1c(C(=O)NC(C(=O)OCC2(C)CCOC2)C(C)C)ccc2c1B(O)OC2. The van der Waals surface area contributed by atoms with E-state index in [1.807, 2.05) is 20.8 Å². The number of hydrogen-bond acceptors (Lipinski definition) is 6. The average molecular weight is 389 g/mol. The van der Waals surface area contributed by atoms with Crippen LogP contribution in [0.25, 0.3) is 0 Å². The fourth-order valence-electron chi connectivity index (χ4n) is 3.63. The van der Waals surface area contributed by atoms with Gasteiger partial charge in [0, 0.05) is 17.6 Å². The fourth-order valence-corrected chi connectivity index (χ4v) is 3.63. The minimum Gasteiger partial charge on any atom is -0.463 e. The predicted molar refractivity (Wildman–Crippen MR) is 104 cm³/mol. The summed E-state index contributed by atoms with van der Waals surface area (Å²) in [6, 6.07) is 2.72. The van der Waals surface area contributed by atoms with Crippen molar-refractivity contribution in [3.05, 3.63) is 28.8 Å². The van der Waals surface area contributed by atoms with Crippen molar-refractivity contribution in [2.45, 2.75) is 46.8 Å². The van der Waals surface area contributed by atoms with Gasteiger partial charge in [0.2, 0.25) is 0 Å². The number of esters is 1. The van der Waals surface area contributed by atoms with Crippen LogP contribution >= 0.6 is 0 Å². The topological polar surface area (TPSA) is 94.1 Å². The van der Waals surface area contributed by atoms with Gasteiger partial charge in [0.15, 0.2) is 0 Å². The van der Waals surface area contributed by atoms with Crippen molar-refractivity contribution in [1.82, 2.24) is 5.32 Å². The first kappa shape index (κ1) is 20.8. The van der Waals surface area contributed by atoms with Gasteiger partial charge in [0.05, 0.1) is 19.8 Å². The van der Waals surface area contributed by atoms with E-state index in [4.69, 9.17) is 14.1 Å². The Morgan fingerprint density at radius 3 is 2.79 bits per heavy atom. The fraction of sp³-hybridized carbons (Fsp3) is 0.600. The molecule has 28 heavy (non-hydrogen) atoms. The first-order valence-corrected chi connectivity index (χ1v) is 9.69. The number of amides is 1. The largest absolute Gasteiger partial charge is 0.492 e. The zero-order valence-electron chi connectivity index (χ0n) is 16.9. The minimum absolute atomic E-state index is 0.132. The smallest absolute Gasteiger partial charge is 0.463 e. The lowest BCUT2D eigenvalue weighted by Gasteiger charge is -2.25. The first-order chi connectivity index (χ1) is 13.2. The number of hydrogen-bond donors (Lipinski definition) is 2. The molecule has 0 aliphatic carbocycles. The number of nitrogens with one attached hydrogen (secondary N) is 1. The molecule has 0 spiro atoms. The lowest BCUT2D eigenvalue weighted by atomic mass is 9.75. The minimum atomic E-state index is -1.03. The molecule has 2 unspecified atom stereocenters. The molecule has 7 nitrogen and oxygen atoms in total. The third-order valence-corrected chi connectivity index (χ3v) is 5.56. The van der Waals surface area contributed by atoms with E-state index >= 15 is 0 Å². The molecule has 2 heterocycles. The number of benzene rings is 1. The van der Waals surface area contributed by atoms with Crippen LogP contribution in [0.2, 0.25) is 0 Å². The number of fused-ring (bicyclic) bond motifs is 1. The molecule has 1 saturated heterocycles. The zero-order chi connectivity index (χ0) is 20.5. The van der Waals surface area contributed by atoms with Gasteiger partial charge in [-0.15, -0.1) is 0 Å². The van der Waals surface area contributed by atoms with Crippen molar-refractivity contribution >= 4 is 24.5 Å². The summed E-state index contributed by atoms with van der Waals surface area (Å²) < 4.78 is 16.1. The standard InChI is InChI=1S/C20H28BNO6/c1-12(2)17(19(24)27-11-20(4)7-8-26-10-20)22-18(23)15-6-5-14-9-28-21(25)16(14)13(15)3/h5-6,12,17,25H,7-11H2,1-4H3,(H,22,23). The van der Waals surface area contributed by atoms with Gasteiger partial charge in [0.25, 0.3) is 5.91 Å². The van der Waals surface area contributed by atoms with Crippen molar-refractivity contribution in [2.24, 2.45) is 11.3 Å². The summed E-state index contributed by atoms with van der Waals surface area (Å²) in [5.41, 5.74) is 2.40. The van der Waals surface area contributed by atoms with E-state index in [0.29, 0.717) is 36.4 Å². The second-order valence-corrected chi connectivity index (χ2v) is 8.39. The Balaban J connectivity index is 1.69. The summed E-state index contributed by atoms with van der Waals surface area (Å²) >= 11 is 0. The molecule has 1 fully saturated rings. The van der Waals surface area contributed by atoms with Crippen molar-refractivity contribution < 1.29 is 28.7 Å². The second kappa shape index (κ2) is 8.23. The van der Waals surface area contributed by atoms with Gasteiger partial charge in [0.1, 0.15) is 6.04 Å². The molecule has 2 atom stereocenters. The molecule has 0 saturated carbocycles. The summed E-state index contributed by atoms with van der Waals surface area (Å²) in [5, 5.41) is 12.8. The third-order valence-electron chi connectivity index (χ3n) is 5.56. The van der Waals surface area contributed by atoms with E-state index in [1.54, 1.807) is 19.1 Å². The van der Waals surface area contributed by atoms with E-state index in [0.717, 1.165) is 12.0 Å². The van der Waals surface area contributed by atoms with Crippen LogP contribution < -0.4 is 10.8 Å². The van der Waals surface area contributed by atoms with Crippen molar-refractivity contribution in [1.29, 1.82) is 0 Å². The highest BCUT2D eigenvalue weighted by Crippen LogP contribution is 2.28. The molecule has 1 aromatic carbocycles. The lowest BCUT2D eigenvalue weighted by Crippen LogP contribution is -2.46. The van der Waals surface area contributed by atoms with E-state index < -0.39 is 19.1 Å². The van der Waals surface area contributed by atoms with E-state index in [1.165, 1.54) is 0 Å². The van der Waals surface area contributed by atoms with Crippen LogP contribution in [0.5, 0.6) is 0 Å². The molecule has 0 aromatic heterocycles. The second-order valence-electron chi connectivity index (χ2n) is 8.39. The van der Waals surface area contributed by atoms with Gasteiger partial charge in [-0.05, 0) is 41.9 Å². The van der Waals surface area contributed by atoms with Gasteiger partial charge in [-0.2, -0.15) is 0 Å². The van der Waals surface area contributed by atoms with Crippen molar-refractivity contribution in [2.75, 3.05) is 19.8 Å². The Kier molecular flexibility index (Phi) is 6.12. The molecule has 8 heteroatoms. The summed E-state index contributed by atoms with van der Waals surface area (Å²) in [4.78, 5) is 25.5. The average Bonchev–Trinajstić information content (AvgIpc) is 3.24. The molecular weight excluding hydrogens is 361 g/mol. The lowest BCUT2D eigenvalue weighted by molar-refractivity contribution is -0.150. The van der Waals surface area contributed by atoms with E-state index in [2.05, 4.69) is 5.32 Å². The Bertz CT molecular complexity index is 759. The van der Waals surface area contributed by atoms with E-state index in [9.17, 15) is 14.6 Å². The highest BCUT2D eigenvalue weighted by atomic mass is 16.5. The summed E-state index contributed by atoms with van der Waals surface area (Å²) in [6.07, 6.45) is 0.845. The maximum Gasteiger partial charge on any atom is 0.492 e. The highest BCUT2D eigenvalue weighted by Gasteiger charge is 2.35. The van der Waals surface area contributed by atoms with Crippen LogP contribution in [0.4, 0.5) is 0 Å². The zero-order valence-corrected chi connectivity index (χ0v) is 16.9. The highest BCUT2D eigenvalue weighted by molar-refractivity contribution is 6.62. The van der Waals surface area contributed by atoms with Crippen LogP contribution in [0, 0.1) is 18.3 Å². The van der Waals surface area contributed by atoms with Gasteiger partial charge in [-0.1, -0.05) is 26.8 Å². The number of ether oxygens (including phenoxy) is 2. The molecule has 3 rings (SSSR count). The molecule has 2 aliphatic rings. The van der Waals surface area contributed by atoms with Gasteiger partial charge >= 0.3 is 13.1 Å². The molecular formula is C20H28BNO6. The Morgan fingerprint density at radius 2 is 2.14 bits per heavy atom. The summed E-state index contributed by atoms with van der Waals surface area (Å²) in [6.45, 7) is 9.35. The van der Waals surface area contributed by atoms with Crippen molar-refractivity contribution in [3.63, 3.8) is 0 Å². The molecule has 152 valence electrons. The monoisotopic (exact) mass is 389 g/mol. The third kappa shape index (κ3) is 4.24. The van der Waals surface area contributed by atoms with Crippen LogP contribution in [-0.2, 0) is 25.5 Å². The number of carbonyl (C=O) groups excluding carboxylic acids is 2. The van der Waals surface area contributed by atoms with Gasteiger partial charge in [-0.25, -0.2) is 4.79 Å². The molecule has 0 bridgehead atoms. The Labute approximate surface area is 165 Å². The number of carbonyl (C=O) groups is 2. The van der Waals surface area contributed by atoms with Crippen LogP contribution in [0.15, 0.2) is 12.1 Å². The normalized spacial score (nSPS) is 22.3. The maximum atomic E-state index is 12.9. The quantitative estimate of drug-likeness (QED) is 0.556. The summed E-state index contributed by atoms with van der Waals surface area (Å²) in [7, 11) is -1.03. The molecule has 2 aliphatic heterocycles. The molecule has 0 radical (unpaired) electrons. The Hall–Kier alpha value is -1.90. The Morgan fingerprint density at radius 1 is 1.39 bits per heavy atom. The predicted octanol–water partition coefficient (Wildman–Crippen LogP) is 0.937.